The van der Waals surface area contributed by atoms with E-state index in [-0.39, 0.29) is 30.2 Å². The number of aliphatic hydroxyl groups is 1. The largest absolute Gasteiger partial charge is 0.481 e. The quantitative estimate of drug-likeness (QED) is 0.421. The summed E-state index contributed by atoms with van der Waals surface area (Å²) < 4.78 is 20.5. The number of halogens is 1. The molecule has 5 nitrogen and oxygen atoms in total. The summed E-state index contributed by atoms with van der Waals surface area (Å²) in [4.78, 5) is 15.7. The molecule has 1 fully saturated rings. The van der Waals surface area contributed by atoms with Crippen molar-refractivity contribution in [2.75, 3.05) is 0 Å². The summed E-state index contributed by atoms with van der Waals surface area (Å²) >= 11 is 0. The van der Waals surface area contributed by atoms with E-state index in [1.54, 1.807) is 12.3 Å². The highest BCUT2D eigenvalue weighted by molar-refractivity contribution is 5.77. The third-order valence-corrected chi connectivity index (χ3v) is 7.60. The number of aryl methyl sites for hydroxylation is 3. The molecule has 2 aliphatic carbocycles. The van der Waals surface area contributed by atoms with Gasteiger partial charge in [-0.05, 0) is 104 Å². The molecule has 0 spiro atoms. The van der Waals surface area contributed by atoms with E-state index in [2.05, 4.69) is 31.0 Å². The number of carboxylic acid groups (broad SMARTS) is 1. The highest BCUT2D eigenvalue weighted by atomic mass is 19.1. The maximum absolute atomic E-state index is 14.7. The van der Waals surface area contributed by atoms with Gasteiger partial charge in [0.05, 0.1) is 11.5 Å². The molecule has 0 radical (unpaired) electrons. The van der Waals surface area contributed by atoms with E-state index in [9.17, 15) is 19.4 Å². The van der Waals surface area contributed by atoms with E-state index in [0.29, 0.717) is 17.9 Å². The number of pyridine rings is 1. The Morgan fingerprint density at radius 1 is 1.17 bits per heavy atom. The van der Waals surface area contributed by atoms with Gasteiger partial charge in [-0.15, -0.1) is 0 Å². The molecule has 0 amide bonds. The van der Waals surface area contributed by atoms with Crippen LogP contribution in [0.4, 0.5) is 4.39 Å². The minimum atomic E-state index is -0.736. The molecule has 3 aromatic rings. The Morgan fingerprint density at radius 2 is 1.89 bits per heavy atom. The molecule has 0 aliphatic heterocycles. The number of carbonyl (C=O) groups is 1. The predicted octanol–water partition coefficient (Wildman–Crippen LogP) is 5.76. The molecule has 0 saturated heterocycles. The van der Waals surface area contributed by atoms with Crippen LogP contribution in [-0.2, 0) is 24.2 Å². The Labute approximate surface area is 211 Å². The SMILES string of the molecule is Cc1cc(CCC(C)(C)O)cc(C)c1-c1ccc(F)c(COc2cc3c(cn2)C2C(C3)C2C(=O)O)c1. The maximum atomic E-state index is 14.7. The van der Waals surface area contributed by atoms with Gasteiger partial charge in [0, 0.05) is 23.7 Å². The van der Waals surface area contributed by atoms with Gasteiger partial charge < -0.3 is 14.9 Å². The summed E-state index contributed by atoms with van der Waals surface area (Å²) in [6, 6.07) is 11.3. The van der Waals surface area contributed by atoms with Crippen LogP contribution in [0.1, 0.15) is 59.6 Å². The van der Waals surface area contributed by atoms with Crippen molar-refractivity contribution in [3.8, 4) is 17.0 Å². The number of benzene rings is 2. The predicted molar refractivity (Wildman–Crippen MR) is 136 cm³/mol. The van der Waals surface area contributed by atoms with E-state index < -0.39 is 11.6 Å². The van der Waals surface area contributed by atoms with Crippen LogP contribution in [0.15, 0.2) is 42.6 Å². The van der Waals surface area contributed by atoms with E-state index >= 15 is 0 Å². The number of hydrogen-bond donors (Lipinski definition) is 2. The van der Waals surface area contributed by atoms with Gasteiger partial charge in [-0.1, -0.05) is 18.2 Å². The molecule has 188 valence electrons. The maximum Gasteiger partial charge on any atom is 0.307 e. The minimum Gasteiger partial charge on any atom is -0.481 e. The number of aliphatic carboxylic acids is 1. The van der Waals surface area contributed by atoms with Gasteiger partial charge in [-0.2, -0.15) is 0 Å². The number of rotatable bonds is 8. The fourth-order valence-electron chi connectivity index (χ4n) is 5.78. The summed E-state index contributed by atoms with van der Waals surface area (Å²) in [6.07, 6.45) is 3.92. The number of carboxylic acids is 1. The molecule has 1 aromatic heterocycles. The van der Waals surface area contributed by atoms with Crippen LogP contribution in [0.25, 0.3) is 11.1 Å². The smallest absolute Gasteiger partial charge is 0.307 e. The molecule has 5 rings (SSSR count). The molecule has 2 aliphatic rings. The lowest BCUT2D eigenvalue weighted by Gasteiger charge is -2.18. The molecule has 2 aromatic carbocycles. The summed E-state index contributed by atoms with van der Waals surface area (Å²) in [6.45, 7) is 7.81. The molecule has 0 bridgehead atoms. The van der Waals surface area contributed by atoms with Crippen LogP contribution in [0.3, 0.4) is 0 Å². The molecule has 6 heteroatoms. The third kappa shape index (κ3) is 4.74. The number of ether oxygens (including phenoxy) is 1. The van der Waals surface area contributed by atoms with Crippen molar-refractivity contribution in [2.24, 2.45) is 11.8 Å². The highest BCUT2D eigenvalue weighted by Crippen LogP contribution is 2.61. The highest BCUT2D eigenvalue weighted by Gasteiger charge is 2.59. The number of fused-ring (bicyclic) bond motifs is 3. The number of aromatic nitrogens is 1. The Hall–Kier alpha value is -3.25. The normalized spacial score (nSPS) is 20.1. The molecular weight excluding hydrogens is 457 g/mol. The molecule has 3 unspecified atom stereocenters. The van der Waals surface area contributed by atoms with E-state index in [0.717, 1.165) is 46.2 Å². The number of nitrogens with zero attached hydrogens (tertiary/aromatic N) is 1. The lowest BCUT2D eigenvalue weighted by atomic mass is 9.90. The van der Waals surface area contributed by atoms with Crippen molar-refractivity contribution in [3.05, 3.63) is 81.8 Å². The third-order valence-electron chi connectivity index (χ3n) is 7.60. The summed E-state index contributed by atoms with van der Waals surface area (Å²) in [7, 11) is 0. The standard InChI is InChI=1S/C30H32FNO4/c1-16-9-18(7-8-30(3,4)35)10-17(2)26(16)19-5-6-24(31)21(11-19)15-36-25-13-20-12-22-27(23(20)14-32-25)28(22)29(33)34/h5-6,9-11,13-14,22,27-28,35H,7-8,12,15H2,1-4H3,(H,33,34). The molecule has 3 atom stereocenters. The monoisotopic (exact) mass is 489 g/mol. The van der Waals surface area contributed by atoms with Crippen molar-refractivity contribution < 1.29 is 24.1 Å². The van der Waals surface area contributed by atoms with Crippen molar-refractivity contribution in [2.45, 2.75) is 65.1 Å². The van der Waals surface area contributed by atoms with Gasteiger partial charge in [-0.25, -0.2) is 9.37 Å². The van der Waals surface area contributed by atoms with Gasteiger partial charge in [0.15, 0.2) is 0 Å². The average molecular weight is 490 g/mol. The lowest BCUT2D eigenvalue weighted by molar-refractivity contribution is -0.139. The first kappa shape index (κ1) is 24.4. The van der Waals surface area contributed by atoms with Crippen LogP contribution < -0.4 is 4.74 Å². The van der Waals surface area contributed by atoms with Gasteiger partial charge >= 0.3 is 5.97 Å². The van der Waals surface area contributed by atoms with Crippen LogP contribution in [0.2, 0.25) is 0 Å². The zero-order valence-corrected chi connectivity index (χ0v) is 21.1. The fraction of sp³-hybridized carbons (Fsp3) is 0.400. The Morgan fingerprint density at radius 3 is 2.56 bits per heavy atom. The van der Waals surface area contributed by atoms with Crippen LogP contribution >= 0.6 is 0 Å². The zero-order chi connectivity index (χ0) is 25.8. The second-order valence-electron chi connectivity index (χ2n) is 11.0. The molecule has 1 heterocycles. The fourth-order valence-corrected chi connectivity index (χ4v) is 5.78. The van der Waals surface area contributed by atoms with Crippen molar-refractivity contribution in [1.82, 2.24) is 4.98 Å². The first-order valence-electron chi connectivity index (χ1n) is 12.5. The van der Waals surface area contributed by atoms with Crippen LogP contribution in [0.5, 0.6) is 5.88 Å². The number of hydrogen-bond acceptors (Lipinski definition) is 4. The Kier molecular flexibility index (Phi) is 6.11. The van der Waals surface area contributed by atoms with Crippen molar-refractivity contribution in [3.63, 3.8) is 0 Å². The van der Waals surface area contributed by atoms with Gasteiger partial charge in [-0.3, -0.25) is 4.79 Å². The molecule has 2 N–H and O–H groups in total. The molecule has 36 heavy (non-hydrogen) atoms. The van der Waals surface area contributed by atoms with E-state index in [4.69, 9.17) is 4.74 Å². The zero-order valence-electron chi connectivity index (χ0n) is 21.1. The average Bonchev–Trinajstić information content (AvgIpc) is 3.39. The Balaban J connectivity index is 1.31. The second-order valence-corrected chi connectivity index (χ2v) is 11.0. The minimum absolute atomic E-state index is 0.0534. The Bertz CT molecular complexity index is 1320. The van der Waals surface area contributed by atoms with Gasteiger partial charge in [0.2, 0.25) is 5.88 Å². The van der Waals surface area contributed by atoms with Crippen molar-refractivity contribution in [1.29, 1.82) is 0 Å². The van der Waals surface area contributed by atoms with E-state index in [1.165, 1.54) is 11.6 Å². The van der Waals surface area contributed by atoms with Crippen LogP contribution in [0, 0.1) is 31.5 Å². The van der Waals surface area contributed by atoms with E-state index in [1.807, 2.05) is 26.0 Å². The van der Waals surface area contributed by atoms with Gasteiger partial charge in [0.25, 0.3) is 0 Å². The molecule has 1 saturated carbocycles. The van der Waals surface area contributed by atoms with Crippen LogP contribution in [-0.4, -0.2) is 26.8 Å². The van der Waals surface area contributed by atoms with Crippen molar-refractivity contribution >= 4 is 5.97 Å². The van der Waals surface area contributed by atoms with Gasteiger partial charge in [0.1, 0.15) is 12.4 Å². The summed E-state index contributed by atoms with van der Waals surface area (Å²) in [5.41, 5.74) is 7.23. The summed E-state index contributed by atoms with van der Waals surface area (Å²) in [5, 5.41) is 19.3. The molecular formula is C30H32FNO4. The summed E-state index contributed by atoms with van der Waals surface area (Å²) in [5.74, 6) is -0.693. The first-order chi connectivity index (χ1) is 17.0. The second kappa shape index (κ2) is 9.00. The lowest BCUT2D eigenvalue weighted by Crippen LogP contribution is -2.19. The first-order valence-corrected chi connectivity index (χ1v) is 12.5. The topological polar surface area (TPSA) is 79.7 Å².